The number of carbonyl (C=O) groups excluding carboxylic acids is 1. The van der Waals surface area contributed by atoms with E-state index in [1.54, 1.807) is 6.07 Å². The van der Waals surface area contributed by atoms with Crippen LogP contribution in [0.2, 0.25) is 0 Å². The molecular weight excluding hydrogens is 514 g/mol. The van der Waals surface area contributed by atoms with Crippen molar-refractivity contribution in [1.29, 1.82) is 0 Å². The molecule has 0 atom stereocenters. The SMILES string of the molecule is CCOC(=O)/C(=C/c1ccccc1)Cc1ccccc1-c1ccc(F)cc1P(c1ccccc1)c1ccccc1. The van der Waals surface area contributed by atoms with Crippen LogP contribution in [0, 0.1) is 5.82 Å². The molecule has 0 heterocycles. The number of halogens is 1. The number of rotatable bonds is 9. The van der Waals surface area contributed by atoms with Gasteiger partial charge < -0.3 is 4.74 Å². The summed E-state index contributed by atoms with van der Waals surface area (Å²) in [6.07, 6.45) is 2.27. The number of ether oxygens (including phenoxy) is 1. The van der Waals surface area contributed by atoms with Gasteiger partial charge in [-0.1, -0.05) is 121 Å². The highest BCUT2D eigenvalue weighted by molar-refractivity contribution is 7.80. The van der Waals surface area contributed by atoms with Crippen molar-refractivity contribution >= 4 is 35.9 Å². The Bertz CT molecular complexity index is 1560. The molecule has 5 aromatic carbocycles. The van der Waals surface area contributed by atoms with Crippen LogP contribution in [0.3, 0.4) is 0 Å². The summed E-state index contributed by atoms with van der Waals surface area (Å²) < 4.78 is 20.4. The van der Waals surface area contributed by atoms with Crippen molar-refractivity contribution in [2.75, 3.05) is 6.61 Å². The van der Waals surface area contributed by atoms with E-state index in [4.69, 9.17) is 4.74 Å². The topological polar surface area (TPSA) is 26.3 Å². The predicted molar refractivity (Wildman–Crippen MR) is 165 cm³/mol. The lowest BCUT2D eigenvalue weighted by Crippen LogP contribution is -2.22. The zero-order valence-electron chi connectivity index (χ0n) is 22.3. The Morgan fingerprint density at radius 1 is 0.725 bits per heavy atom. The van der Waals surface area contributed by atoms with E-state index >= 15 is 0 Å². The van der Waals surface area contributed by atoms with Crippen molar-refractivity contribution in [2.45, 2.75) is 13.3 Å². The molecule has 0 saturated carbocycles. The van der Waals surface area contributed by atoms with Gasteiger partial charge in [-0.3, -0.25) is 0 Å². The third kappa shape index (κ3) is 6.45. The zero-order valence-corrected chi connectivity index (χ0v) is 23.2. The molecule has 0 bridgehead atoms. The summed E-state index contributed by atoms with van der Waals surface area (Å²) in [5.74, 6) is -0.608. The van der Waals surface area contributed by atoms with E-state index in [1.807, 2.05) is 104 Å². The van der Waals surface area contributed by atoms with Crippen LogP contribution >= 0.6 is 7.92 Å². The average Bonchev–Trinajstić information content (AvgIpc) is 2.99. The van der Waals surface area contributed by atoms with Crippen molar-refractivity contribution in [3.8, 4) is 11.1 Å². The number of hydrogen-bond donors (Lipinski definition) is 0. The second-order valence-electron chi connectivity index (χ2n) is 9.30. The highest BCUT2D eigenvalue weighted by Crippen LogP contribution is 2.38. The minimum atomic E-state index is -1.04. The van der Waals surface area contributed by atoms with Gasteiger partial charge in [0.2, 0.25) is 0 Å². The third-order valence-corrected chi connectivity index (χ3v) is 9.08. The molecule has 0 N–H and O–H groups in total. The molecule has 198 valence electrons. The van der Waals surface area contributed by atoms with Gasteiger partial charge >= 0.3 is 5.97 Å². The Balaban J connectivity index is 1.65. The Hall–Kier alpha value is -4.33. The number of hydrogen-bond acceptors (Lipinski definition) is 2. The van der Waals surface area contributed by atoms with Crippen LogP contribution < -0.4 is 15.9 Å². The summed E-state index contributed by atoms with van der Waals surface area (Å²) in [6, 6.07) is 43.5. The number of benzene rings is 5. The lowest BCUT2D eigenvalue weighted by Gasteiger charge is -2.23. The van der Waals surface area contributed by atoms with Gasteiger partial charge in [-0.2, -0.15) is 0 Å². The lowest BCUT2D eigenvalue weighted by atomic mass is 9.94. The highest BCUT2D eigenvalue weighted by Gasteiger charge is 2.23. The van der Waals surface area contributed by atoms with E-state index < -0.39 is 7.92 Å². The Kier molecular flexibility index (Phi) is 8.96. The molecule has 0 aromatic heterocycles. The first-order valence-electron chi connectivity index (χ1n) is 13.3. The van der Waals surface area contributed by atoms with Gasteiger partial charge in [0.1, 0.15) is 5.82 Å². The largest absolute Gasteiger partial charge is 0.463 e. The first-order chi connectivity index (χ1) is 19.6. The molecule has 4 heteroatoms. The van der Waals surface area contributed by atoms with E-state index in [-0.39, 0.29) is 11.8 Å². The quantitative estimate of drug-likeness (QED) is 0.110. The molecule has 0 aliphatic rings. The normalized spacial score (nSPS) is 11.4. The van der Waals surface area contributed by atoms with Gasteiger partial charge in [0.25, 0.3) is 0 Å². The fourth-order valence-electron chi connectivity index (χ4n) is 4.80. The monoisotopic (exact) mass is 544 g/mol. The van der Waals surface area contributed by atoms with Crippen LogP contribution in [0.15, 0.2) is 139 Å². The molecule has 0 aliphatic carbocycles. The van der Waals surface area contributed by atoms with Gasteiger partial charge in [0, 0.05) is 12.0 Å². The summed E-state index contributed by atoms with van der Waals surface area (Å²) in [5, 5.41) is 3.22. The fraction of sp³-hybridized carbons (Fsp3) is 0.0833. The summed E-state index contributed by atoms with van der Waals surface area (Å²) in [6.45, 7) is 2.11. The van der Waals surface area contributed by atoms with Gasteiger partial charge in [-0.25, -0.2) is 9.18 Å². The van der Waals surface area contributed by atoms with Crippen molar-refractivity contribution in [3.05, 3.63) is 156 Å². The standard InChI is InChI=1S/C36H30FO2P/c1-2-39-36(38)29(24-27-14-6-3-7-15-27)25-28-16-12-13-21-33(28)34-23-22-30(37)26-35(34)40(31-17-8-4-9-18-31)32-19-10-5-11-20-32/h3-24,26H,2,25H2,1H3/b29-24+. The van der Waals surface area contributed by atoms with Crippen molar-refractivity contribution < 1.29 is 13.9 Å². The third-order valence-electron chi connectivity index (χ3n) is 6.60. The van der Waals surface area contributed by atoms with Crippen LogP contribution in [0.4, 0.5) is 4.39 Å². The van der Waals surface area contributed by atoms with Gasteiger partial charge in [-0.05, 0) is 71.2 Å². The maximum absolute atomic E-state index is 14.9. The van der Waals surface area contributed by atoms with Crippen LogP contribution in [0.25, 0.3) is 17.2 Å². The molecule has 5 aromatic rings. The van der Waals surface area contributed by atoms with Crippen LogP contribution in [-0.4, -0.2) is 12.6 Å². The Labute approximate surface area is 236 Å². The van der Waals surface area contributed by atoms with Gasteiger partial charge in [0.15, 0.2) is 0 Å². The number of esters is 1. The van der Waals surface area contributed by atoms with Crippen molar-refractivity contribution in [3.63, 3.8) is 0 Å². The Morgan fingerprint density at radius 3 is 1.93 bits per heavy atom. The zero-order chi connectivity index (χ0) is 27.7. The molecule has 0 aliphatic heterocycles. The number of carbonyl (C=O) groups is 1. The van der Waals surface area contributed by atoms with Crippen LogP contribution in [0.5, 0.6) is 0 Å². The fourth-order valence-corrected chi connectivity index (χ4v) is 7.28. The maximum Gasteiger partial charge on any atom is 0.334 e. The Morgan fingerprint density at radius 2 is 1.30 bits per heavy atom. The van der Waals surface area contributed by atoms with E-state index in [0.29, 0.717) is 18.6 Å². The van der Waals surface area contributed by atoms with E-state index in [0.717, 1.165) is 38.2 Å². The van der Waals surface area contributed by atoms with E-state index in [9.17, 15) is 9.18 Å². The second kappa shape index (κ2) is 13.2. The summed E-state index contributed by atoms with van der Waals surface area (Å²) in [7, 11) is -1.04. The molecule has 0 spiro atoms. The van der Waals surface area contributed by atoms with Crippen molar-refractivity contribution in [1.82, 2.24) is 0 Å². The smallest absolute Gasteiger partial charge is 0.334 e. The van der Waals surface area contributed by atoms with E-state index in [2.05, 4.69) is 30.3 Å². The first kappa shape index (κ1) is 27.2. The molecular formula is C36H30FO2P. The molecule has 0 amide bonds. The highest BCUT2D eigenvalue weighted by atomic mass is 31.1. The molecule has 2 nitrogen and oxygen atoms in total. The summed E-state index contributed by atoms with van der Waals surface area (Å²) >= 11 is 0. The molecule has 0 unspecified atom stereocenters. The molecule has 40 heavy (non-hydrogen) atoms. The van der Waals surface area contributed by atoms with E-state index in [1.165, 1.54) is 6.07 Å². The summed E-state index contributed by atoms with van der Waals surface area (Å²) in [4.78, 5) is 13.1. The molecule has 5 rings (SSSR count). The van der Waals surface area contributed by atoms with Gasteiger partial charge in [-0.15, -0.1) is 0 Å². The minimum Gasteiger partial charge on any atom is -0.463 e. The van der Waals surface area contributed by atoms with Crippen molar-refractivity contribution in [2.24, 2.45) is 0 Å². The molecule has 0 radical (unpaired) electrons. The second-order valence-corrected chi connectivity index (χ2v) is 11.5. The lowest BCUT2D eigenvalue weighted by molar-refractivity contribution is -0.138. The predicted octanol–water partition coefficient (Wildman–Crippen LogP) is 7.44. The minimum absolute atomic E-state index is 0.272. The molecule has 0 fully saturated rings. The van der Waals surface area contributed by atoms with Gasteiger partial charge in [0.05, 0.1) is 6.61 Å². The summed E-state index contributed by atoms with van der Waals surface area (Å²) in [5.41, 5.74) is 4.40. The van der Waals surface area contributed by atoms with Crippen LogP contribution in [-0.2, 0) is 16.0 Å². The average molecular weight is 545 g/mol. The maximum atomic E-state index is 14.9. The first-order valence-corrected chi connectivity index (χ1v) is 14.7. The van der Waals surface area contributed by atoms with Crippen LogP contribution in [0.1, 0.15) is 18.1 Å². The molecule has 0 saturated heterocycles.